The maximum absolute atomic E-state index is 14.7. The molecule has 11 heteroatoms. The number of methoxy groups -OCH3 is 1. The summed E-state index contributed by atoms with van der Waals surface area (Å²) in [7, 11) is 3.27. The summed E-state index contributed by atoms with van der Waals surface area (Å²) in [5.74, 6) is -0.675. The van der Waals surface area contributed by atoms with Gasteiger partial charge in [0, 0.05) is 37.6 Å². The molecule has 2 heterocycles. The molecular formula is C42H45N5O6. The number of ether oxygens (including phenoxy) is 2. The smallest absolute Gasteiger partial charge is 0.247 e. The minimum atomic E-state index is -1.10. The van der Waals surface area contributed by atoms with Crippen LogP contribution in [0.15, 0.2) is 115 Å². The van der Waals surface area contributed by atoms with Crippen molar-refractivity contribution in [2.75, 3.05) is 20.7 Å². The van der Waals surface area contributed by atoms with E-state index >= 15 is 0 Å². The number of nitrogens with zero attached hydrogens (tertiary/aromatic N) is 1. The maximum Gasteiger partial charge on any atom is 0.247 e. The lowest BCUT2D eigenvalue weighted by Crippen LogP contribution is -2.60. The molecule has 274 valence electrons. The lowest BCUT2D eigenvalue weighted by atomic mass is 10.0. The third kappa shape index (κ3) is 9.30. The van der Waals surface area contributed by atoms with Crippen molar-refractivity contribution in [3.05, 3.63) is 138 Å². The fourth-order valence-corrected chi connectivity index (χ4v) is 6.86. The van der Waals surface area contributed by atoms with E-state index in [1.54, 1.807) is 38.4 Å². The number of nitrogens with one attached hydrogen (secondary N) is 4. The van der Waals surface area contributed by atoms with Crippen LogP contribution in [0.5, 0.6) is 11.5 Å². The van der Waals surface area contributed by atoms with Crippen molar-refractivity contribution < 1.29 is 28.7 Å². The van der Waals surface area contributed by atoms with Gasteiger partial charge in [-0.2, -0.15) is 0 Å². The van der Waals surface area contributed by atoms with Gasteiger partial charge in [-0.15, -0.1) is 0 Å². The van der Waals surface area contributed by atoms with E-state index in [9.17, 15) is 19.2 Å². The van der Waals surface area contributed by atoms with Gasteiger partial charge < -0.3 is 35.6 Å². The van der Waals surface area contributed by atoms with Crippen LogP contribution in [0, 0.1) is 0 Å². The number of carbonyl (C=O) groups excluding carboxylic acids is 4. The van der Waals surface area contributed by atoms with E-state index in [1.165, 1.54) is 11.1 Å². The molecule has 0 aliphatic carbocycles. The summed E-state index contributed by atoms with van der Waals surface area (Å²) >= 11 is 0. The molecule has 2 bridgehead atoms. The van der Waals surface area contributed by atoms with Crippen LogP contribution >= 0.6 is 0 Å². The maximum atomic E-state index is 14.7. The van der Waals surface area contributed by atoms with Gasteiger partial charge in [-0.1, -0.05) is 91.0 Å². The van der Waals surface area contributed by atoms with Crippen LogP contribution in [0.25, 0.3) is 6.08 Å². The Morgan fingerprint density at radius 2 is 1.47 bits per heavy atom. The molecular weight excluding hydrogens is 670 g/mol. The summed E-state index contributed by atoms with van der Waals surface area (Å²) in [6.45, 7) is 0.195. The van der Waals surface area contributed by atoms with Gasteiger partial charge in [0.2, 0.25) is 23.6 Å². The normalized spacial score (nSPS) is 19.5. The minimum absolute atomic E-state index is 0.195. The predicted molar refractivity (Wildman–Crippen MR) is 202 cm³/mol. The van der Waals surface area contributed by atoms with E-state index < -0.39 is 48.0 Å². The Morgan fingerprint density at radius 3 is 2.09 bits per heavy atom. The van der Waals surface area contributed by atoms with Gasteiger partial charge >= 0.3 is 0 Å². The van der Waals surface area contributed by atoms with Crippen molar-refractivity contribution >= 4 is 29.7 Å². The highest BCUT2D eigenvalue weighted by atomic mass is 16.5. The largest absolute Gasteiger partial charge is 0.496 e. The highest BCUT2D eigenvalue weighted by Gasteiger charge is 2.46. The topological polar surface area (TPSA) is 138 Å². The number of benzene rings is 4. The van der Waals surface area contributed by atoms with Gasteiger partial charge in [0.15, 0.2) is 0 Å². The molecule has 53 heavy (non-hydrogen) atoms. The van der Waals surface area contributed by atoms with E-state index in [1.807, 2.05) is 91.0 Å². The monoisotopic (exact) mass is 715 g/mol. The van der Waals surface area contributed by atoms with Crippen LogP contribution in [0.3, 0.4) is 0 Å². The second-order valence-corrected chi connectivity index (χ2v) is 13.2. The molecule has 4 aromatic carbocycles. The quantitative estimate of drug-likeness (QED) is 0.187. The molecule has 0 spiro atoms. The highest BCUT2D eigenvalue weighted by molar-refractivity contribution is 5.96. The SMILES string of the molecule is CN[C@@H](Cc1ccccc1)C(=O)N[C@@H](Cc1ccccc1)C(=O)N1CC[C@H]2Oc3ccc(OC)c(c3)C=CNC(=O)[C@H](Cc3ccccc3)NC(=O)[C@H]21. The van der Waals surface area contributed by atoms with Crippen LogP contribution in [0.1, 0.15) is 28.7 Å². The van der Waals surface area contributed by atoms with Gasteiger partial charge in [-0.3, -0.25) is 19.2 Å². The average Bonchev–Trinajstić information content (AvgIpc) is 3.60. The standard InChI is InChI=1S/C42H45N5O6/c1-43-33(24-28-12-6-3-7-13-28)40(49)46-35(26-30-16-10-5-11-17-30)42(51)47-23-21-37-38(47)41(50)45-34(25-29-14-8-4-9-15-29)39(48)44-22-20-31-27-32(53-37)18-19-36(31)52-2/h3-20,22,27,33-35,37-38,43H,21,23-26H2,1-2H3,(H,44,48)(H,45,50)(H,46,49)/t33-,34-,35-,37+,38-/m0/s1. The molecule has 5 atom stereocenters. The average molecular weight is 716 g/mol. The summed E-state index contributed by atoms with van der Waals surface area (Å²) in [4.78, 5) is 58.1. The van der Waals surface area contributed by atoms with Crippen molar-refractivity contribution in [1.82, 2.24) is 26.2 Å². The van der Waals surface area contributed by atoms with Crippen LogP contribution in [0.4, 0.5) is 0 Å². The van der Waals surface area contributed by atoms with Gasteiger partial charge in [-0.25, -0.2) is 0 Å². The molecule has 0 aromatic heterocycles. The van der Waals surface area contributed by atoms with E-state index in [-0.39, 0.29) is 25.3 Å². The Labute approximate surface area is 309 Å². The number of likely N-dealkylation sites (tertiary alicyclic amines) is 1. The van der Waals surface area contributed by atoms with E-state index in [4.69, 9.17) is 9.47 Å². The van der Waals surface area contributed by atoms with E-state index in [0.29, 0.717) is 29.9 Å². The summed E-state index contributed by atoms with van der Waals surface area (Å²) in [5.41, 5.74) is 3.33. The number of carbonyl (C=O) groups is 4. The van der Waals surface area contributed by atoms with Gasteiger partial charge in [0.05, 0.1) is 13.2 Å². The van der Waals surface area contributed by atoms with Crippen molar-refractivity contribution in [2.24, 2.45) is 0 Å². The number of amides is 4. The molecule has 1 fully saturated rings. The van der Waals surface area contributed by atoms with Crippen molar-refractivity contribution in [2.45, 2.75) is 56.0 Å². The Hall–Kier alpha value is -5.94. The van der Waals surface area contributed by atoms with E-state index in [2.05, 4.69) is 21.3 Å². The predicted octanol–water partition coefficient (Wildman–Crippen LogP) is 3.43. The van der Waals surface area contributed by atoms with Crippen molar-refractivity contribution in [3.63, 3.8) is 0 Å². The first-order valence-electron chi connectivity index (χ1n) is 17.8. The zero-order valence-electron chi connectivity index (χ0n) is 29.9. The first-order valence-corrected chi connectivity index (χ1v) is 17.8. The fraction of sp³-hybridized carbons (Fsp3) is 0.286. The van der Waals surface area contributed by atoms with Gasteiger partial charge in [-0.05, 0) is 54.4 Å². The second kappa shape index (κ2) is 17.5. The van der Waals surface area contributed by atoms with Gasteiger partial charge in [0.25, 0.3) is 0 Å². The highest BCUT2D eigenvalue weighted by Crippen LogP contribution is 2.30. The zero-order chi connectivity index (χ0) is 37.2. The molecule has 0 radical (unpaired) electrons. The lowest BCUT2D eigenvalue weighted by molar-refractivity contribution is -0.143. The molecule has 0 unspecified atom stereocenters. The van der Waals surface area contributed by atoms with Crippen LogP contribution in [0.2, 0.25) is 0 Å². The number of fused-ring (bicyclic) bond motifs is 3. The van der Waals surface area contributed by atoms with Crippen LogP contribution < -0.4 is 30.7 Å². The second-order valence-electron chi connectivity index (χ2n) is 13.2. The Balaban J connectivity index is 1.32. The fourth-order valence-electron chi connectivity index (χ4n) is 6.86. The number of hydrogen-bond donors (Lipinski definition) is 4. The molecule has 6 rings (SSSR count). The minimum Gasteiger partial charge on any atom is -0.496 e. The molecule has 4 amide bonds. The molecule has 0 saturated carbocycles. The third-order valence-corrected chi connectivity index (χ3v) is 9.63. The van der Waals surface area contributed by atoms with Crippen LogP contribution in [-0.4, -0.2) is 79.5 Å². The lowest BCUT2D eigenvalue weighted by Gasteiger charge is -2.32. The third-order valence-electron chi connectivity index (χ3n) is 9.63. The number of hydrogen-bond acceptors (Lipinski definition) is 7. The summed E-state index contributed by atoms with van der Waals surface area (Å²) in [6.07, 6.45) is 3.65. The molecule has 4 N–H and O–H groups in total. The number of rotatable bonds is 11. The van der Waals surface area contributed by atoms with Crippen molar-refractivity contribution in [1.29, 1.82) is 0 Å². The Bertz CT molecular complexity index is 1910. The first-order chi connectivity index (χ1) is 25.8. The molecule has 2 aliphatic rings. The Kier molecular flexibility index (Phi) is 12.2. The van der Waals surface area contributed by atoms with Crippen LogP contribution in [-0.2, 0) is 38.4 Å². The number of likely N-dealkylation sites (N-methyl/N-ethyl adjacent to an activating group) is 1. The summed E-state index contributed by atoms with van der Waals surface area (Å²) in [6, 6.07) is 30.1. The summed E-state index contributed by atoms with van der Waals surface area (Å²) < 4.78 is 12.0. The van der Waals surface area contributed by atoms with E-state index in [0.717, 1.165) is 16.7 Å². The zero-order valence-corrected chi connectivity index (χ0v) is 29.9. The molecule has 2 aliphatic heterocycles. The van der Waals surface area contributed by atoms with Gasteiger partial charge in [0.1, 0.15) is 35.7 Å². The molecule has 4 aromatic rings. The molecule has 1 saturated heterocycles. The molecule has 11 nitrogen and oxygen atoms in total. The van der Waals surface area contributed by atoms with Crippen molar-refractivity contribution in [3.8, 4) is 11.5 Å². The first kappa shape index (κ1) is 36.8. The Morgan fingerprint density at radius 1 is 0.849 bits per heavy atom. The summed E-state index contributed by atoms with van der Waals surface area (Å²) in [5, 5.41) is 11.9.